The first-order valence-corrected chi connectivity index (χ1v) is 6.26. The van der Waals surface area contributed by atoms with E-state index in [0.29, 0.717) is 11.8 Å². The SMILES string of the molecule is CCC(C)(O)CNCCC(C)SC. The van der Waals surface area contributed by atoms with Crippen molar-refractivity contribution < 1.29 is 5.11 Å². The standard InChI is InChI=1S/C10H23NOS/c1-5-10(3,12)8-11-7-6-9(2)13-4/h9,11-12H,5-8H2,1-4H3. The minimum absolute atomic E-state index is 0.539. The van der Waals surface area contributed by atoms with Crippen LogP contribution in [-0.2, 0) is 0 Å². The van der Waals surface area contributed by atoms with Crippen LogP contribution in [0.1, 0.15) is 33.6 Å². The van der Waals surface area contributed by atoms with Gasteiger partial charge >= 0.3 is 0 Å². The van der Waals surface area contributed by atoms with Gasteiger partial charge in [-0.2, -0.15) is 11.8 Å². The molecule has 0 aromatic heterocycles. The van der Waals surface area contributed by atoms with E-state index in [2.05, 4.69) is 18.5 Å². The van der Waals surface area contributed by atoms with E-state index in [1.807, 2.05) is 25.6 Å². The van der Waals surface area contributed by atoms with Crippen molar-refractivity contribution in [3.8, 4) is 0 Å². The van der Waals surface area contributed by atoms with Crippen molar-refractivity contribution in [3.05, 3.63) is 0 Å². The van der Waals surface area contributed by atoms with Crippen LogP contribution in [0, 0.1) is 0 Å². The van der Waals surface area contributed by atoms with Gasteiger partial charge in [0.2, 0.25) is 0 Å². The molecule has 0 aromatic carbocycles. The first kappa shape index (κ1) is 13.3. The average Bonchev–Trinajstić information content (AvgIpc) is 2.12. The molecule has 0 spiro atoms. The molecule has 13 heavy (non-hydrogen) atoms. The molecule has 0 amide bonds. The van der Waals surface area contributed by atoms with Gasteiger partial charge in [0.15, 0.2) is 0 Å². The van der Waals surface area contributed by atoms with Crippen LogP contribution < -0.4 is 5.32 Å². The van der Waals surface area contributed by atoms with E-state index >= 15 is 0 Å². The van der Waals surface area contributed by atoms with Gasteiger partial charge in [-0.25, -0.2) is 0 Å². The van der Waals surface area contributed by atoms with Crippen LogP contribution in [0.15, 0.2) is 0 Å². The van der Waals surface area contributed by atoms with Crippen molar-refractivity contribution in [3.63, 3.8) is 0 Å². The van der Waals surface area contributed by atoms with Gasteiger partial charge < -0.3 is 10.4 Å². The molecular formula is C10H23NOS. The van der Waals surface area contributed by atoms with Gasteiger partial charge in [0.1, 0.15) is 0 Å². The zero-order valence-electron chi connectivity index (χ0n) is 9.26. The Balaban J connectivity index is 3.35. The maximum atomic E-state index is 9.68. The molecule has 0 fully saturated rings. The van der Waals surface area contributed by atoms with Gasteiger partial charge in [-0.3, -0.25) is 0 Å². The predicted molar refractivity (Wildman–Crippen MR) is 61.4 cm³/mol. The highest BCUT2D eigenvalue weighted by molar-refractivity contribution is 7.99. The van der Waals surface area contributed by atoms with Crippen LogP contribution in [0.5, 0.6) is 0 Å². The van der Waals surface area contributed by atoms with Crippen LogP contribution in [0.2, 0.25) is 0 Å². The van der Waals surface area contributed by atoms with E-state index in [0.717, 1.165) is 13.0 Å². The minimum atomic E-state index is -0.539. The van der Waals surface area contributed by atoms with Gasteiger partial charge in [-0.15, -0.1) is 0 Å². The Morgan fingerprint density at radius 3 is 2.62 bits per heavy atom. The maximum absolute atomic E-state index is 9.68. The number of hydrogen-bond donors (Lipinski definition) is 2. The largest absolute Gasteiger partial charge is 0.389 e. The first-order valence-electron chi connectivity index (χ1n) is 4.97. The third kappa shape index (κ3) is 7.35. The maximum Gasteiger partial charge on any atom is 0.0740 e. The first-order chi connectivity index (χ1) is 6.02. The quantitative estimate of drug-likeness (QED) is 0.622. The fourth-order valence-electron chi connectivity index (χ4n) is 0.906. The molecule has 2 atom stereocenters. The van der Waals surface area contributed by atoms with Gasteiger partial charge in [-0.05, 0) is 32.6 Å². The second-order valence-corrected chi connectivity index (χ2v) is 5.14. The van der Waals surface area contributed by atoms with Crippen LogP contribution in [0.25, 0.3) is 0 Å². The summed E-state index contributed by atoms with van der Waals surface area (Å²) in [7, 11) is 0. The summed E-state index contributed by atoms with van der Waals surface area (Å²) < 4.78 is 0. The molecule has 2 N–H and O–H groups in total. The molecule has 0 aliphatic heterocycles. The van der Waals surface area contributed by atoms with E-state index in [1.54, 1.807) is 0 Å². The zero-order chi connectivity index (χ0) is 10.3. The van der Waals surface area contributed by atoms with Gasteiger partial charge in [0.25, 0.3) is 0 Å². The number of thioether (sulfide) groups is 1. The summed E-state index contributed by atoms with van der Waals surface area (Å²) in [6.07, 6.45) is 4.10. The lowest BCUT2D eigenvalue weighted by molar-refractivity contribution is 0.0560. The Morgan fingerprint density at radius 2 is 2.15 bits per heavy atom. The minimum Gasteiger partial charge on any atom is -0.389 e. The number of hydrogen-bond acceptors (Lipinski definition) is 3. The fraction of sp³-hybridized carbons (Fsp3) is 1.00. The molecule has 0 saturated carbocycles. The van der Waals surface area contributed by atoms with E-state index < -0.39 is 5.60 Å². The van der Waals surface area contributed by atoms with Crippen LogP contribution in [-0.4, -0.2) is 35.3 Å². The summed E-state index contributed by atoms with van der Waals surface area (Å²) in [6, 6.07) is 0. The summed E-state index contributed by atoms with van der Waals surface area (Å²) in [5.74, 6) is 0. The smallest absolute Gasteiger partial charge is 0.0740 e. The highest BCUT2D eigenvalue weighted by atomic mass is 32.2. The Kier molecular flexibility index (Phi) is 6.82. The molecule has 0 aliphatic rings. The normalized spacial score (nSPS) is 18.2. The van der Waals surface area contributed by atoms with E-state index in [4.69, 9.17) is 0 Å². The second-order valence-electron chi connectivity index (χ2n) is 3.86. The Hall–Kier alpha value is 0.270. The van der Waals surface area contributed by atoms with Crippen molar-refractivity contribution in [2.45, 2.75) is 44.5 Å². The topological polar surface area (TPSA) is 32.3 Å². The highest BCUT2D eigenvalue weighted by Gasteiger charge is 2.16. The van der Waals surface area contributed by atoms with Crippen molar-refractivity contribution in [2.75, 3.05) is 19.3 Å². The van der Waals surface area contributed by atoms with E-state index in [9.17, 15) is 5.11 Å². The Morgan fingerprint density at radius 1 is 1.54 bits per heavy atom. The zero-order valence-corrected chi connectivity index (χ0v) is 10.1. The molecule has 0 aliphatic carbocycles. The summed E-state index contributed by atoms with van der Waals surface area (Å²) in [5.41, 5.74) is -0.539. The monoisotopic (exact) mass is 205 g/mol. The molecule has 0 saturated heterocycles. The van der Waals surface area contributed by atoms with E-state index in [1.165, 1.54) is 6.42 Å². The fourth-order valence-corrected chi connectivity index (χ4v) is 1.26. The number of aliphatic hydroxyl groups is 1. The summed E-state index contributed by atoms with van der Waals surface area (Å²) in [4.78, 5) is 0. The molecule has 0 heterocycles. The third-order valence-corrected chi connectivity index (χ3v) is 3.44. The molecule has 0 rings (SSSR count). The van der Waals surface area contributed by atoms with Crippen molar-refractivity contribution in [1.29, 1.82) is 0 Å². The number of rotatable bonds is 7. The second kappa shape index (κ2) is 6.68. The molecular weight excluding hydrogens is 182 g/mol. The van der Waals surface area contributed by atoms with Gasteiger partial charge in [0, 0.05) is 11.8 Å². The predicted octanol–water partition coefficient (Wildman–Crippen LogP) is 1.88. The van der Waals surface area contributed by atoms with Crippen LogP contribution in [0.3, 0.4) is 0 Å². The van der Waals surface area contributed by atoms with Crippen LogP contribution in [0.4, 0.5) is 0 Å². The molecule has 80 valence electrons. The highest BCUT2D eigenvalue weighted by Crippen LogP contribution is 2.09. The summed E-state index contributed by atoms with van der Waals surface area (Å²) in [5, 5.41) is 13.7. The average molecular weight is 205 g/mol. The van der Waals surface area contributed by atoms with Crippen molar-refractivity contribution in [2.24, 2.45) is 0 Å². The molecule has 3 heteroatoms. The lowest BCUT2D eigenvalue weighted by Gasteiger charge is -2.22. The van der Waals surface area contributed by atoms with Gasteiger partial charge in [-0.1, -0.05) is 13.8 Å². The molecule has 0 bridgehead atoms. The molecule has 0 aromatic rings. The van der Waals surface area contributed by atoms with E-state index in [-0.39, 0.29) is 0 Å². The third-order valence-electron chi connectivity index (χ3n) is 2.40. The Bertz CT molecular complexity index is 128. The number of nitrogens with one attached hydrogen (secondary N) is 1. The van der Waals surface area contributed by atoms with Gasteiger partial charge in [0.05, 0.1) is 5.60 Å². The van der Waals surface area contributed by atoms with Crippen molar-refractivity contribution >= 4 is 11.8 Å². The Labute approximate surface area is 86.5 Å². The molecule has 2 unspecified atom stereocenters. The van der Waals surface area contributed by atoms with Crippen molar-refractivity contribution in [1.82, 2.24) is 5.32 Å². The summed E-state index contributed by atoms with van der Waals surface area (Å²) in [6.45, 7) is 7.80. The van der Waals surface area contributed by atoms with Crippen LogP contribution >= 0.6 is 11.8 Å². The molecule has 2 nitrogen and oxygen atoms in total. The lowest BCUT2D eigenvalue weighted by atomic mass is 10.0. The molecule has 0 radical (unpaired) electrons. The summed E-state index contributed by atoms with van der Waals surface area (Å²) >= 11 is 1.89. The lowest BCUT2D eigenvalue weighted by Crippen LogP contribution is -2.37.